The van der Waals surface area contributed by atoms with Crippen LogP contribution in [0.25, 0.3) is 22.3 Å². The maximum absolute atomic E-state index is 13.4. The number of methoxy groups -OCH3 is 1. The topological polar surface area (TPSA) is 121 Å². The standard InChI is InChI=1S/C29H26N2O6/c1-16-25(32)21-13-8-12-20(27(21)37-26(16)19-10-6-5-7-11-19)24-22(28(33)34)17(2)31(15-9-14-30)18(3)23(24)29(35)36-4/h5-8,10-13,24H,9,15H2,1-4H3,(H,33,34). The highest BCUT2D eigenvalue weighted by Gasteiger charge is 2.41. The van der Waals surface area contributed by atoms with Gasteiger partial charge in [-0.3, -0.25) is 4.79 Å². The fourth-order valence-electron chi connectivity index (χ4n) is 4.99. The van der Waals surface area contributed by atoms with Crippen LogP contribution >= 0.6 is 0 Å². The van der Waals surface area contributed by atoms with E-state index in [1.165, 1.54) is 7.11 Å². The molecule has 1 aliphatic heterocycles. The van der Waals surface area contributed by atoms with Crippen molar-refractivity contribution < 1.29 is 23.8 Å². The maximum Gasteiger partial charge on any atom is 0.336 e. The number of hydrogen-bond donors (Lipinski definition) is 1. The molecule has 8 heteroatoms. The van der Waals surface area contributed by atoms with E-state index in [9.17, 15) is 19.5 Å². The molecule has 0 aliphatic carbocycles. The van der Waals surface area contributed by atoms with Gasteiger partial charge in [-0.2, -0.15) is 5.26 Å². The molecular formula is C29H26N2O6. The number of esters is 1. The smallest absolute Gasteiger partial charge is 0.336 e. The van der Waals surface area contributed by atoms with Crippen LogP contribution in [0.2, 0.25) is 0 Å². The van der Waals surface area contributed by atoms with Crippen LogP contribution in [-0.2, 0) is 14.3 Å². The van der Waals surface area contributed by atoms with Gasteiger partial charge in [0.05, 0.1) is 42.1 Å². The summed E-state index contributed by atoms with van der Waals surface area (Å²) in [5.41, 5.74) is 2.37. The molecular weight excluding hydrogens is 472 g/mol. The third-order valence-electron chi connectivity index (χ3n) is 6.77. The van der Waals surface area contributed by atoms with Crippen molar-refractivity contribution >= 4 is 22.9 Å². The molecule has 1 unspecified atom stereocenters. The molecule has 37 heavy (non-hydrogen) atoms. The molecule has 1 N–H and O–H groups in total. The number of carbonyl (C=O) groups excluding carboxylic acids is 1. The Balaban J connectivity index is 2.09. The third-order valence-corrected chi connectivity index (χ3v) is 6.77. The predicted molar refractivity (Wildman–Crippen MR) is 137 cm³/mol. The fourth-order valence-corrected chi connectivity index (χ4v) is 4.99. The van der Waals surface area contributed by atoms with E-state index in [0.29, 0.717) is 33.8 Å². The SMILES string of the molecule is COC(=O)C1=C(C)N(CCC#N)C(C)=C(C(=O)O)C1c1cccc2c(=O)c(C)c(-c3ccccc3)oc12. The third kappa shape index (κ3) is 4.29. The van der Waals surface area contributed by atoms with Crippen molar-refractivity contribution in [3.05, 3.63) is 92.4 Å². The minimum Gasteiger partial charge on any atom is -0.478 e. The molecule has 2 heterocycles. The van der Waals surface area contributed by atoms with Crippen LogP contribution in [0.5, 0.6) is 0 Å². The van der Waals surface area contributed by atoms with Gasteiger partial charge in [0.2, 0.25) is 0 Å². The fraction of sp³-hybridized carbons (Fsp3) is 0.241. The van der Waals surface area contributed by atoms with Crippen molar-refractivity contribution in [2.75, 3.05) is 13.7 Å². The molecule has 1 aromatic heterocycles. The summed E-state index contributed by atoms with van der Waals surface area (Å²) in [6, 6.07) is 16.2. The number of rotatable bonds is 6. The van der Waals surface area contributed by atoms with Crippen LogP contribution in [0, 0.1) is 18.3 Å². The number of aliphatic carboxylic acids is 1. The lowest BCUT2D eigenvalue weighted by atomic mass is 9.79. The van der Waals surface area contributed by atoms with E-state index in [1.807, 2.05) is 30.3 Å². The van der Waals surface area contributed by atoms with Gasteiger partial charge in [-0.25, -0.2) is 9.59 Å². The number of fused-ring (bicyclic) bond motifs is 1. The quantitative estimate of drug-likeness (QED) is 0.477. The van der Waals surface area contributed by atoms with Crippen molar-refractivity contribution in [1.82, 2.24) is 4.90 Å². The lowest BCUT2D eigenvalue weighted by Gasteiger charge is -2.37. The molecule has 4 rings (SSSR count). The summed E-state index contributed by atoms with van der Waals surface area (Å²) in [6.45, 7) is 5.23. The summed E-state index contributed by atoms with van der Waals surface area (Å²) in [5, 5.41) is 19.7. The summed E-state index contributed by atoms with van der Waals surface area (Å²) in [7, 11) is 1.23. The monoisotopic (exact) mass is 498 g/mol. The minimum absolute atomic E-state index is 0.0547. The van der Waals surface area contributed by atoms with Crippen LogP contribution in [0.15, 0.2) is 80.3 Å². The van der Waals surface area contributed by atoms with E-state index in [4.69, 9.17) is 14.4 Å². The van der Waals surface area contributed by atoms with Crippen LogP contribution < -0.4 is 5.43 Å². The second-order valence-electron chi connectivity index (χ2n) is 8.76. The first-order chi connectivity index (χ1) is 17.7. The summed E-state index contributed by atoms with van der Waals surface area (Å²) in [6.07, 6.45) is 0.129. The molecule has 3 aromatic rings. The first-order valence-corrected chi connectivity index (χ1v) is 11.7. The number of carboxylic acids is 1. The Kier molecular flexibility index (Phi) is 6.98. The molecule has 188 valence electrons. The van der Waals surface area contributed by atoms with Gasteiger partial charge < -0.3 is 19.2 Å². The summed E-state index contributed by atoms with van der Waals surface area (Å²) >= 11 is 0. The molecule has 0 saturated carbocycles. The zero-order valence-corrected chi connectivity index (χ0v) is 21.0. The second kappa shape index (κ2) is 10.2. The van der Waals surface area contributed by atoms with Gasteiger partial charge in [-0.1, -0.05) is 42.5 Å². The highest BCUT2D eigenvalue weighted by atomic mass is 16.5. The van der Waals surface area contributed by atoms with Crippen molar-refractivity contribution in [3.8, 4) is 17.4 Å². The average molecular weight is 499 g/mol. The molecule has 0 amide bonds. The zero-order chi connectivity index (χ0) is 26.9. The van der Waals surface area contributed by atoms with E-state index in [0.717, 1.165) is 0 Å². The maximum atomic E-state index is 13.4. The van der Waals surface area contributed by atoms with Crippen LogP contribution in [-0.4, -0.2) is 35.6 Å². The van der Waals surface area contributed by atoms with E-state index >= 15 is 0 Å². The van der Waals surface area contributed by atoms with Gasteiger partial charge in [-0.15, -0.1) is 0 Å². The van der Waals surface area contributed by atoms with Crippen molar-refractivity contribution in [2.24, 2.45) is 0 Å². The molecule has 0 bridgehead atoms. The molecule has 0 spiro atoms. The van der Waals surface area contributed by atoms with Crippen LogP contribution in [0.4, 0.5) is 0 Å². The van der Waals surface area contributed by atoms with Gasteiger partial charge in [-0.05, 0) is 26.8 Å². The lowest BCUT2D eigenvalue weighted by Crippen LogP contribution is -2.35. The van der Waals surface area contributed by atoms with E-state index < -0.39 is 17.9 Å². The van der Waals surface area contributed by atoms with Gasteiger partial charge in [0.25, 0.3) is 0 Å². The predicted octanol–water partition coefficient (Wildman–Crippen LogP) is 4.89. The van der Waals surface area contributed by atoms with Gasteiger partial charge in [0.15, 0.2) is 5.43 Å². The number of allylic oxidation sites excluding steroid dienone is 2. The Morgan fingerprint density at radius 1 is 1.05 bits per heavy atom. The molecule has 2 aromatic carbocycles. The summed E-state index contributed by atoms with van der Waals surface area (Å²) in [5.74, 6) is -2.63. The van der Waals surface area contributed by atoms with Crippen molar-refractivity contribution in [3.63, 3.8) is 0 Å². The number of para-hydroxylation sites is 1. The number of nitrogens with zero attached hydrogens (tertiary/aromatic N) is 2. The van der Waals surface area contributed by atoms with Crippen molar-refractivity contribution in [1.29, 1.82) is 5.26 Å². The first kappa shape index (κ1) is 25.5. The molecule has 0 radical (unpaired) electrons. The van der Waals surface area contributed by atoms with Gasteiger partial charge in [0, 0.05) is 34.6 Å². The van der Waals surface area contributed by atoms with Crippen LogP contribution in [0.3, 0.4) is 0 Å². The Bertz CT molecular complexity index is 1570. The average Bonchev–Trinajstić information content (AvgIpc) is 2.89. The van der Waals surface area contributed by atoms with Crippen LogP contribution in [0.1, 0.15) is 37.3 Å². The lowest BCUT2D eigenvalue weighted by molar-refractivity contribution is -0.136. The van der Waals surface area contributed by atoms with Gasteiger partial charge in [0.1, 0.15) is 11.3 Å². The minimum atomic E-state index is -1.23. The molecule has 1 aliphatic rings. The molecule has 0 fully saturated rings. The molecule has 1 atom stereocenters. The number of nitriles is 1. The van der Waals surface area contributed by atoms with Crippen molar-refractivity contribution in [2.45, 2.75) is 33.1 Å². The van der Waals surface area contributed by atoms with E-state index in [2.05, 4.69) is 6.07 Å². The number of carbonyl (C=O) groups is 2. The Hall–Kier alpha value is -4.64. The van der Waals surface area contributed by atoms with E-state index in [-0.39, 0.29) is 40.5 Å². The normalized spacial score (nSPS) is 15.6. The number of benzene rings is 2. The highest BCUT2D eigenvalue weighted by Crippen LogP contribution is 2.44. The molecule has 0 saturated heterocycles. The largest absolute Gasteiger partial charge is 0.478 e. The molecule has 8 nitrogen and oxygen atoms in total. The summed E-state index contributed by atoms with van der Waals surface area (Å²) in [4.78, 5) is 40.8. The zero-order valence-electron chi connectivity index (χ0n) is 21.0. The van der Waals surface area contributed by atoms with Gasteiger partial charge >= 0.3 is 11.9 Å². The Morgan fingerprint density at radius 3 is 2.35 bits per heavy atom. The second-order valence-corrected chi connectivity index (χ2v) is 8.76. The number of carboxylic acid groups (broad SMARTS) is 1. The number of hydrogen-bond acceptors (Lipinski definition) is 7. The first-order valence-electron chi connectivity index (χ1n) is 11.7. The number of ether oxygens (including phenoxy) is 1. The summed E-state index contributed by atoms with van der Waals surface area (Å²) < 4.78 is 11.4. The highest BCUT2D eigenvalue weighted by molar-refractivity contribution is 6.00. The Labute approximate surface area is 213 Å². The Morgan fingerprint density at radius 2 is 1.73 bits per heavy atom. The van der Waals surface area contributed by atoms with E-state index in [1.54, 1.807) is 43.9 Å².